The third kappa shape index (κ3) is 3.93. The van der Waals surface area contributed by atoms with Crippen LogP contribution < -0.4 is 0 Å². The summed E-state index contributed by atoms with van der Waals surface area (Å²) in [5, 5.41) is 19.8. The smallest absolute Gasteiger partial charge is 0.165 e. The number of hydrogen-bond acceptors (Lipinski definition) is 4. The van der Waals surface area contributed by atoms with Crippen LogP contribution in [-0.2, 0) is 11.2 Å². The molecule has 1 unspecified atom stereocenters. The van der Waals surface area contributed by atoms with Crippen LogP contribution in [0.3, 0.4) is 0 Å². The quantitative estimate of drug-likeness (QED) is 0.799. The number of aliphatic hydroxyl groups is 1. The van der Waals surface area contributed by atoms with Crippen molar-refractivity contribution in [2.45, 2.75) is 31.0 Å². The monoisotopic (exact) mass is 385 g/mol. The lowest BCUT2D eigenvalue weighted by Gasteiger charge is -2.30. The highest BCUT2D eigenvalue weighted by atomic mass is 19.1. The lowest BCUT2D eigenvalue weighted by molar-refractivity contribution is -0.0141. The van der Waals surface area contributed by atoms with E-state index in [4.69, 9.17) is 4.74 Å². The molecule has 150 valence electrons. The zero-order valence-electron chi connectivity index (χ0n) is 16.2. The second-order valence-corrected chi connectivity index (χ2v) is 8.42. The summed E-state index contributed by atoms with van der Waals surface area (Å²) in [5.74, 6) is 0.0430. The minimum absolute atomic E-state index is 0.0958. The first-order chi connectivity index (χ1) is 13.5. The van der Waals surface area contributed by atoms with E-state index in [2.05, 4.69) is 29.2 Å². The van der Waals surface area contributed by atoms with Crippen molar-refractivity contribution < 1.29 is 19.3 Å². The van der Waals surface area contributed by atoms with E-state index in [-0.39, 0.29) is 11.4 Å². The number of likely N-dealkylation sites (tertiary alicyclic amines) is 1. The molecule has 28 heavy (non-hydrogen) atoms. The first kappa shape index (κ1) is 19.4. The van der Waals surface area contributed by atoms with E-state index in [0.29, 0.717) is 23.9 Å². The van der Waals surface area contributed by atoms with Gasteiger partial charge >= 0.3 is 0 Å². The van der Waals surface area contributed by atoms with Gasteiger partial charge in [-0.3, -0.25) is 4.90 Å². The van der Waals surface area contributed by atoms with E-state index in [0.717, 1.165) is 32.4 Å². The summed E-state index contributed by atoms with van der Waals surface area (Å²) < 4.78 is 19.6. The average molecular weight is 385 g/mol. The first-order valence-corrected chi connectivity index (χ1v) is 9.96. The number of halogens is 1. The van der Waals surface area contributed by atoms with Gasteiger partial charge in [-0.15, -0.1) is 0 Å². The Morgan fingerprint density at radius 3 is 2.43 bits per heavy atom. The topological polar surface area (TPSA) is 52.9 Å². The highest BCUT2D eigenvalue weighted by Gasteiger charge is 2.49. The van der Waals surface area contributed by atoms with Gasteiger partial charge in [-0.2, -0.15) is 0 Å². The second-order valence-electron chi connectivity index (χ2n) is 8.42. The molecule has 2 fully saturated rings. The molecule has 2 aromatic rings. The molecule has 1 saturated carbocycles. The fraction of sp³-hybridized carbons (Fsp3) is 0.478. The molecular weight excluding hydrogens is 357 g/mol. The van der Waals surface area contributed by atoms with Gasteiger partial charge in [0.2, 0.25) is 0 Å². The Bertz CT molecular complexity index is 799. The number of hydrogen-bond donors (Lipinski definition) is 2. The Morgan fingerprint density at radius 2 is 1.82 bits per heavy atom. The van der Waals surface area contributed by atoms with Crippen molar-refractivity contribution in [2.24, 2.45) is 11.8 Å². The minimum Gasteiger partial charge on any atom is -0.505 e. The van der Waals surface area contributed by atoms with Crippen molar-refractivity contribution in [3.8, 4) is 5.75 Å². The summed E-state index contributed by atoms with van der Waals surface area (Å²) in [6.45, 7) is 2.35. The van der Waals surface area contributed by atoms with Gasteiger partial charge in [-0.25, -0.2) is 4.39 Å². The summed E-state index contributed by atoms with van der Waals surface area (Å²) in [7, 11) is 1.82. The van der Waals surface area contributed by atoms with Crippen LogP contribution in [-0.4, -0.2) is 47.5 Å². The Balaban J connectivity index is 1.36. The van der Waals surface area contributed by atoms with Crippen LogP contribution in [0.1, 0.15) is 30.1 Å². The maximum atomic E-state index is 13.6. The van der Waals surface area contributed by atoms with E-state index in [1.807, 2.05) is 13.2 Å². The zero-order valence-corrected chi connectivity index (χ0v) is 16.2. The fourth-order valence-corrected chi connectivity index (χ4v) is 5.12. The van der Waals surface area contributed by atoms with Gasteiger partial charge in [0.25, 0.3) is 0 Å². The van der Waals surface area contributed by atoms with Gasteiger partial charge in [-0.1, -0.05) is 36.4 Å². The Labute approximate surface area is 165 Å². The SMILES string of the molecule is CO[C@]1(Cc2ccccc2)C[C@H]2CN(CC(O)c3ccc(O)c(F)c3)C[C@H]2C1. The van der Waals surface area contributed by atoms with Crippen LogP contribution in [0.2, 0.25) is 0 Å². The van der Waals surface area contributed by atoms with Crippen LogP contribution in [0, 0.1) is 17.7 Å². The summed E-state index contributed by atoms with van der Waals surface area (Å²) in [6.07, 6.45) is 2.24. The molecule has 0 bridgehead atoms. The minimum atomic E-state index is -0.759. The van der Waals surface area contributed by atoms with E-state index in [1.54, 1.807) is 6.07 Å². The number of phenols is 1. The van der Waals surface area contributed by atoms with E-state index in [9.17, 15) is 14.6 Å². The second kappa shape index (κ2) is 7.82. The molecule has 5 heteroatoms. The van der Waals surface area contributed by atoms with Gasteiger partial charge in [0.1, 0.15) is 0 Å². The number of aliphatic hydroxyl groups excluding tert-OH is 1. The molecular formula is C23H28FNO3. The summed E-state index contributed by atoms with van der Waals surface area (Å²) in [4.78, 5) is 2.27. The summed E-state index contributed by atoms with van der Waals surface area (Å²) in [6, 6.07) is 14.6. The highest BCUT2D eigenvalue weighted by Crippen LogP contribution is 2.47. The molecule has 1 heterocycles. The first-order valence-electron chi connectivity index (χ1n) is 9.96. The van der Waals surface area contributed by atoms with Gasteiger partial charge in [-0.05, 0) is 47.9 Å². The Hall–Kier alpha value is -1.95. The molecule has 0 spiro atoms. The van der Waals surface area contributed by atoms with Crippen LogP contribution in [0.5, 0.6) is 5.75 Å². The van der Waals surface area contributed by atoms with Crippen LogP contribution in [0.4, 0.5) is 4.39 Å². The third-order valence-corrected chi connectivity index (χ3v) is 6.51. The lowest BCUT2D eigenvalue weighted by atomic mass is 9.91. The largest absolute Gasteiger partial charge is 0.505 e. The highest BCUT2D eigenvalue weighted by molar-refractivity contribution is 5.29. The van der Waals surface area contributed by atoms with Crippen molar-refractivity contribution in [1.29, 1.82) is 0 Å². The fourth-order valence-electron chi connectivity index (χ4n) is 5.12. The van der Waals surface area contributed by atoms with Gasteiger partial charge in [0.05, 0.1) is 11.7 Å². The number of phenolic OH excluding ortho intramolecular Hbond substituents is 1. The average Bonchev–Trinajstić information content (AvgIpc) is 3.20. The number of ether oxygens (including phenoxy) is 1. The maximum Gasteiger partial charge on any atom is 0.165 e. The zero-order chi connectivity index (χ0) is 19.7. The van der Waals surface area contributed by atoms with Gasteiger partial charge in [0, 0.05) is 33.2 Å². The third-order valence-electron chi connectivity index (χ3n) is 6.51. The van der Waals surface area contributed by atoms with Crippen molar-refractivity contribution in [3.05, 3.63) is 65.5 Å². The number of benzene rings is 2. The summed E-state index contributed by atoms with van der Waals surface area (Å²) in [5.41, 5.74) is 1.72. The molecule has 4 rings (SSSR count). The standard InChI is InChI=1S/C23H28FNO3/c1-28-23(10-16-5-3-2-4-6-16)11-18-13-25(14-19(18)12-23)15-22(27)17-7-8-21(26)20(24)9-17/h2-9,18-19,22,26-27H,10-15H2,1H3/t18-,19+,22?,23+. The van der Waals surface area contributed by atoms with Crippen LogP contribution in [0.25, 0.3) is 0 Å². The summed E-state index contributed by atoms with van der Waals surface area (Å²) >= 11 is 0. The molecule has 0 aromatic heterocycles. The van der Waals surface area contributed by atoms with Gasteiger partial charge < -0.3 is 14.9 Å². The van der Waals surface area contributed by atoms with E-state index in [1.165, 1.54) is 17.7 Å². The van der Waals surface area contributed by atoms with Crippen molar-refractivity contribution >= 4 is 0 Å². The predicted octanol–water partition coefficient (Wildman–Crippen LogP) is 3.53. The van der Waals surface area contributed by atoms with Gasteiger partial charge in [0.15, 0.2) is 11.6 Å². The molecule has 1 saturated heterocycles. The number of aromatic hydroxyl groups is 1. The van der Waals surface area contributed by atoms with Crippen LogP contribution >= 0.6 is 0 Å². The predicted molar refractivity (Wildman–Crippen MR) is 106 cm³/mol. The molecule has 2 aromatic carbocycles. The van der Waals surface area contributed by atoms with E-state index < -0.39 is 11.9 Å². The number of nitrogens with zero attached hydrogens (tertiary/aromatic N) is 1. The number of rotatable bonds is 6. The molecule has 2 N–H and O–H groups in total. The Morgan fingerprint density at radius 1 is 1.14 bits per heavy atom. The molecule has 1 aliphatic heterocycles. The lowest BCUT2D eigenvalue weighted by Crippen LogP contribution is -2.35. The number of fused-ring (bicyclic) bond motifs is 1. The molecule has 4 atom stereocenters. The number of β-amino-alcohol motifs (C(OH)–C–C–N with tert-alkyl or cyclic N) is 1. The number of methoxy groups -OCH3 is 1. The van der Waals surface area contributed by atoms with E-state index >= 15 is 0 Å². The molecule has 2 aliphatic rings. The molecule has 1 aliphatic carbocycles. The molecule has 0 amide bonds. The van der Waals surface area contributed by atoms with Crippen molar-refractivity contribution in [2.75, 3.05) is 26.7 Å². The van der Waals surface area contributed by atoms with Crippen LogP contribution in [0.15, 0.2) is 48.5 Å². The normalized spacial score (nSPS) is 28.4. The maximum absolute atomic E-state index is 13.6. The Kier molecular flexibility index (Phi) is 5.41. The molecule has 0 radical (unpaired) electrons. The van der Waals surface area contributed by atoms with Crippen molar-refractivity contribution in [3.63, 3.8) is 0 Å². The van der Waals surface area contributed by atoms with Crippen molar-refractivity contribution in [1.82, 2.24) is 4.90 Å². The molecule has 4 nitrogen and oxygen atoms in total.